The van der Waals surface area contributed by atoms with Gasteiger partial charge in [0.2, 0.25) is 0 Å². The molecule has 0 aliphatic heterocycles. The van der Waals surface area contributed by atoms with E-state index in [1.165, 1.54) is 13.5 Å². The number of carbonyl (C=O) groups excluding carboxylic acids is 1. The van der Waals surface area contributed by atoms with E-state index >= 15 is 0 Å². The average Bonchev–Trinajstić information content (AvgIpc) is 2.35. The minimum Gasteiger partial charge on any atom is -0.468 e. The van der Waals surface area contributed by atoms with Gasteiger partial charge in [-0.1, -0.05) is 32.8 Å². The predicted molar refractivity (Wildman–Crippen MR) is 69.7 cm³/mol. The van der Waals surface area contributed by atoms with Gasteiger partial charge in [-0.25, -0.2) is 0 Å². The molecule has 1 saturated carbocycles. The van der Waals surface area contributed by atoms with E-state index in [1.807, 2.05) is 0 Å². The Balaban J connectivity index is 2.98. The highest BCUT2D eigenvalue weighted by atomic mass is 16.5. The molecule has 3 nitrogen and oxygen atoms in total. The summed E-state index contributed by atoms with van der Waals surface area (Å²) in [6.45, 7) is 8.74. The normalized spacial score (nSPS) is 29.1. The van der Waals surface area contributed by atoms with Crippen molar-refractivity contribution < 1.29 is 9.53 Å². The summed E-state index contributed by atoms with van der Waals surface area (Å²) >= 11 is 0. The van der Waals surface area contributed by atoms with Crippen LogP contribution in [0.2, 0.25) is 0 Å². The summed E-state index contributed by atoms with van der Waals surface area (Å²) in [5.41, 5.74) is -0.505. The minimum absolute atomic E-state index is 0.113. The zero-order valence-electron chi connectivity index (χ0n) is 11.3. The lowest BCUT2D eigenvalue weighted by Crippen LogP contribution is -2.60. The lowest BCUT2D eigenvalue weighted by molar-refractivity contribution is -0.154. The summed E-state index contributed by atoms with van der Waals surface area (Å²) in [6.07, 6.45) is 6.06. The molecule has 0 aromatic heterocycles. The van der Waals surface area contributed by atoms with Crippen LogP contribution in [0.4, 0.5) is 0 Å². The second-order valence-corrected chi connectivity index (χ2v) is 5.23. The quantitative estimate of drug-likeness (QED) is 0.592. The second kappa shape index (κ2) is 6.20. The molecule has 1 N–H and O–H groups in total. The van der Waals surface area contributed by atoms with Gasteiger partial charge in [0.15, 0.2) is 0 Å². The summed E-state index contributed by atoms with van der Waals surface area (Å²) in [5.74, 6) is 0.716. The van der Waals surface area contributed by atoms with Crippen molar-refractivity contribution in [2.24, 2.45) is 11.8 Å². The minimum atomic E-state index is -0.505. The SMILES string of the molecule is C=CCNC1(C(=O)OC)CCCCC1C(C)C. The molecule has 0 saturated heterocycles. The summed E-state index contributed by atoms with van der Waals surface area (Å²) in [6, 6.07) is 0. The molecule has 0 aromatic carbocycles. The first-order valence-electron chi connectivity index (χ1n) is 6.53. The van der Waals surface area contributed by atoms with Gasteiger partial charge in [-0.05, 0) is 24.7 Å². The van der Waals surface area contributed by atoms with E-state index in [0.717, 1.165) is 19.3 Å². The van der Waals surface area contributed by atoms with E-state index in [4.69, 9.17) is 4.74 Å². The van der Waals surface area contributed by atoms with Gasteiger partial charge in [0.25, 0.3) is 0 Å². The molecule has 0 spiro atoms. The smallest absolute Gasteiger partial charge is 0.326 e. The maximum atomic E-state index is 12.2. The summed E-state index contributed by atoms with van der Waals surface area (Å²) < 4.78 is 5.03. The van der Waals surface area contributed by atoms with Gasteiger partial charge in [-0.3, -0.25) is 10.1 Å². The highest BCUT2D eigenvalue weighted by Crippen LogP contribution is 2.39. The number of hydrogen-bond acceptors (Lipinski definition) is 3. The number of hydrogen-bond donors (Lipinski definition) is 1. The van der Waals surface area contributed by atoms with Crippen molar-refractivity contribution in [3.8, 4) is 0 Å². The first kappa shape index (κ1) is 14.2. The van der Waals surface area contributed by atoms with Gasteiger partial charge in [-0.2, -0.15) is 0 Å². The molecular weight excluding hydrogens is 214 g/mol. The molecule has 0 bridgehead atoms. The standard InChI is InChI=1S/C14H25NO2/c1-5-10-15-14(13(16)17-4)9-7-6-8-12(14)11(2)3/h5,11-12,15H,1,6-10H2,2-4H3. The summed E-state index contributed by atoms with van der Waals surface area (Å²) in [4.78, 5) is 12.2. The number of nitrogens with one attached hydrogen (secondary N) is 1. The van der Waals surface area contributed by atoms with E-state index in [2.05, 4.69) is 25.7 Å². The zero-order valence-corrected chi connectivity index (χ0v) is 11.3. The summed E-state index contributed by atoms with van der Waals surface area (Å²) in [5, 5.41) is 3.37. The van der Waals surface area contributed by atoms with Crippen molar-refractivity contribution in [2.45, 2.75) is 45.1 Å². The first-order chi connectivity index (χ1) is 8.08. The fraction of sp³-hybridized carbons (Fsp3) is 0.786. The van der Waals surface area contributed by atoms with Crippen LogP contribution < -0.4 is 5.32 Å². The molecular formula is C14H25NO2. The molecule has 0 aromatic rings. The van der Waals surface area contributed by atoms with E-state index in [0.29, 0.717) is 18.4 Å². The maximum Gasteiger partial charge on any atom is 0.326 e. The molecule has 1 aliphatic carbocycles. The van der Waals surface area contributed by atoms with Crippen molar-refractivity contribution in [3.63, 3.8) is 0 Å². The molecule has 3 heteroatoms. The Morgan fingerprint density at radius 1 is 1.59 bits per heavy atom. The van der Waals surface area contributed by atoms with Gasteiger partial charge in [0.05, 0.1) is 7.11 Å². The maximum absolute atomic E-state index is 12.2. The largest absolute Gasteiger partial charge is 0.468 e. The molecule has 2 unspecified atom stereocenters. The van der Waals surface area contributed by atoms with Gasteiger partial charge < -0.3 is 4.74 Å². The van der Waals surface area contributed by atoms with Crippen LogP contribution in [0.1, 0.15) is 39.5 Å². The Morgan fingerprint density at radius 3 is 2.82 bits per heavy atom. The highest BCUT2D eigenvalue weighted by Gasteiger charge is 2.48. The lowest BCUT2D eigenvalue weighted by Gasteiger charge is -2.44. The zero-order chi connectivity index (χ0) is 12.9. The average molecular weight is 239 g/mol. The Hall–Kier alpha value is -0.830. The Bertz CT molecular complexity index is 275. The molecule has 0 radical (unpaired) electrons. The number of esters is 1. The van der Waals surface area contributed by atoms with Crippen LogP contribution in [-0.2, 0) is 9.53 Å². The molecule has 1 fully saturated rings. The van der Waals surface area contributed by atoms with Crippen LogP contribution in [0.25, 0.3) is 0 Å². The van der Waals surface area contributed by atoms with Crippen molar-refractivity contribution in [2.75, 3.05) is 13.7 Å². The third-order valence-electron chi connectivity index (χ3n) is 3.89. The third-order valence-corrected chi connectivity index (χ3v) is 3.89. The van der Waals surface area contributed by atoms with Crippen molar-refractivity contribution >= 4 is 5.97 Å². The molecule has 2 atom stereocenters. The topological polar surface area (TPSA) is 38.3 Å². The van der Waals surface area contributed by atoms with Gasteiger partial charge in [0, 0.05) is 6.54 Å². The molecule has 0 heterocycles. The molecule has 0 amide bonds. The Morgan fingerprint density at radius 2 is 2.29 bits per heavy atom. The van der Waals surface area contributed by atoms with Crippen molar-refractivity contribution in [1.82, 2.24) is 5.32 Å². The van der Waals surface area contributed by atoms with Crippen molar-refractivity contribution in [1.29, 1.82) is 0 Å². The number of ether oxygens (including phenoxy) is 1. The van der Waals surface area contributed by atoms with Gasteiger partial charge in [0.1, 0.15) is 5.54 Å². The third kappa shape index (κ3) is 2.89. The monoisotopic (exact) mass is 239 g/mol. The van der Waals surface area contributed by atoms with Gasteiger partial charge >= 0.3 is 5.97 Å². The molecule has 1 aliphatic rings. The molecule has 98 valence electrons. The van der Waals surface area contributed by atoms with Crippen LogP contribution in [0, 0.1) is 11.8 Å². The van der Waals surface area contributed by atoms with E-state index in [-0.39, 0.29) is 5.97 Å². The van der Waals surface area contributed by atoms with Crippen LogP contribution in [0.5, 0.6) is 0 Å². The molecule has 17 heavy (non-hydrogen) atoms. The summed E-state index contributed by atoms with van der Waals surface area (Å²) in [7, 11) is 1.48. The van der Waals surface area contributed by atoms with Crippen molar-refractivity contribution in [3.05, 3.63) is 12.7 Å². The Labute approximate surface area is 105 Å². The number of methoxy groups -OCH3 is 1. The van der Waals surface area contributed by atoms with Crippen LogP contribution in [-0.4, -0.2) is 25.2 Å². The highest BCUT2D eigenvalue weighted by molar-refractivity contribution is 5.81. The van der Waals surface area contributed by atoms with Gasteiger partial charge in [-0.15, -0.1) is 6.58 Å². The lowest BCUT2D eigenvalue weighted by atomic mass is 9.67. The first-order valence-corrected chi connectivity index (χ1v) is 6.53. The van der Waals surface area contributed by atoms with E-state index in [9.17, 15) is 4.79 Å². The van der Waals surface area contributed by atoms with Crippen LogP contribution in [0.3, 0.4) is 0 Å². The predicted octanol–water partition coefficient (Wildman–Crippen LogP) is 2.52. The second-order valence-electron chi connectivity index (χ2n) is 5.23. The van der Waals surface area contributed by atoms with E-state index in [1.54, 1.807) is 6.08 Å². The van der Waals surface area contributed by atoms with Crippen LogP contribution in [0.15, 0.2) is 12.7 Å². The number of carbonyl (C=O) groups is 1. The Kier molecular flexibility index (Phi) is 5.19. The van der Waals surface area contributed by atoms with Crippen LogP contribution >= 0.6 is 0 Å². The van der Waals surface area contributed by atoms with E-state index < -0.39 is 5.54 Å². The fourth-order valence-corrected chi connectivity index (χ4v) is 3.08. The number of rotatable bonds is 5. The molecule has 1 rings (SSSR count). The fourth-order valence-electron chi connectivity index (χ4n) is 3.08.